The zero-order valence-electron chi connectivity index (χ0n) is 11.8. The third-order valence-electron chi connectivity index (χ3n) is 5.67. The highest BCUT2D eigenvalue weighted by Gasteiger charge is 2.54. The molecule has 0 spiro atoms. The van der Waals surface area contributed by atoms with E-state index >= 15 is 0 Å². The van der Waals surface area contributed by atoms with Crippen LogP contribution in [0.3, 0.4) is 0 Å². The van der Waals surface area contributed by atoms with Crippen molar-refractivity contribution in [1.29, 1.82) is 0 Å². The number of ether oxygens (including phenoxy) is 1. The Hall–Kier alpha value is -1.02. The molecule has 1 aromatic carbocycles. The van der Waals surface area contributed by atoms with Crippen molar-refractivity contribution in [2.45, 2.75) is 45.1 Å². The van der Waals surface area contributed by atoms with Gasteiger partial charge in [-0.25, -0.2) is 0 Å². The van der Waals surface area contributed by atoms with E-state index in [0.29, 0.717) is 11.5 Å². The van der Waals surface area contributed by atoms with Gasteiger partial charge in [-0.2, -0.15) is 0 Å². The standard InChI is InChI=1S/C16H23NO/c1-15(2)12-6-5-7-13(18-4)11(12)10-14-16(15,3)8-9-17-14/h5-7,14,17H,8-10H2,1-4H3/t14-,16+/m0/s1. The van der Waals surface area contributed by atoms with Crippen LogP contribution in [-0.4, -0.2) is 19.7 Å². The summed E-state index contributed by atoms with van der Waals surface area (Å²) in [5.41, 5.74) is 3.43. The fraction of sp³-hybridized carbons (Fsp3) is 0.625. The monoisotopic (exact) mass is 245 g/mol. The van der Waals surface area contributed by atoms with Gasteiger partial charge in [0, 0.05) is 6.04 Å². The summed E-state index contributed by atoms with van der Waals surface area (Å²) in [6.45, 7) is 8.37. The summed E-state index contributed by atoms with van der Waals surface area (Å²) in [6.07, 6.45) is 2.36. The number of fused-ring (bicyclic) bond motifs is 2. The number of hydrogen-bond donors (Lipinski definition) is 1. The Morgan fingerprint density at radius 2 is 2.06 bits per heavy atom. The van der Waals surface area contributed by atoms with Crippen LogP contribution in [0.15, 0.2) is 18.2 Å². The zero-order chi connectivity index (χ0) is 13.0. The molecular weight excluding hydrogens is 222 g/mol. The molecule has 0 bridgehead atoms. The Morgan fingerprint density at radius 1 is 1.28 bits per heavy atom. The second kappa shape index (κ2) is 3.74. The van der Waals surface area contributed by atoms with Crippen LogP contribution in [0.5, 0.6) is 5.75 Å². The summed E-state index contributed by atoms with van der Waals surface area (Å²) < 4.78 is 5.56. The topological polar surface area (TPSA) is 21.3 Å². The largest absolute Gasteiger partial charge is 0.496 e. The Kier molecular flexibility index (Phi) is 2.50. The molecule has 0 saturated carbocycles. The minimum atomic E-state index is 0.198. The molecule has 1 saturated heterocycles. The van der Waals surface area contributed by atoms with Gasteiger partial charge in [-0.15, -0.1) is 0 Å². The Labute approximate surface area is 110 Å². The lowest BCUT2D eigenvalue weighted by Gasteiger charge is -2.50. The van der Waals surface area contributed by atoms with Gasteiger partial charge < -0.3 is 10.1 Å². The smallest absolute Gasteiger partial charge is 0.122 e. The maximum absolute atomic E-state index is 5.56. The van der Waals surface area contributed by atoms with Crippen molar-refractivity contribution in [2.24, 2.45) is 5.41 Å². The third kappa shape index (κ3) is 1.33. The second-order valence-electron chi connectivity index (χ2n) is 6.49. The van der Waals surface area contributed by atoms with Crippen molar-refractivity contribution < 1.29 is 4.74 Å². The van der Waals surface area contributed by atoms with Gasteiger partial charge in [-0.05, 0) is 47.4 Å². The summed E-state index contributed by atoms with van der Waals surface area (Å²) in [7, 11) is 1.78. The lowest BCUT2D eigenvalue weighted by Crippen LogP contribution is -2.52. The Bertz CT molecular complexity index is 480. The van der Waals surface area contributed by atoms with Crippen LogP contribution >= 0.6 is 0 Å². The van der Waals surface area contributed by atoms with Crippen molar-refractivity contribution >= 4 is 0 Å². The molecular formula is C16H23NO. The molecule has 2 heteroatoms. The summed E-state index contributed by atoms with van der Waals surface area (Å²) in [4.78, 5) is 0. The van der Waals surface area contributed by atoms with Crippen LogP contribution in [0.1, 0.15) is 38.3 Å². The van der Waals surface area contributed by atoms with Crippen LogP contribution in [-0.2, 0) is 11.8 Å². The maximum Gasteiger partial charge on any atom is 0.122 e. The molecule has 98 valence electrons. The van der Waals surface area contributed by atoms with Crippen LogP contribution in [0.4, 0.5) is 0 Å². The van der Waals surface area contributed by atoms with Crippen LogP contribution in [0.2, 0.25) is 0 Å². The average molecular weight is 245 g/mol. The predicted octanol–water partition coefficient (Wildman–Crippen LogP) is 2.90. The fourth-order valence-corrected chi connectivity index (χ4v) is 4.02. The molecule has 1 aromatic rings. The van der Waals surface area contributed by atoms with E-state index in [9.17, 15) is 0 Å². The van der Waals surface area contributed by atoms with Gasteiger partial charge in [0.05, 0.1) is 7.11 Å². The van der Waals surface area contributed by atoms with Crippen molar-refractivity contribution in [3.8, 4) is 5.75 Å². The van der Waals surface area contributed by atoms with Gasteiger partial charge >= 0.3 is 0 Å². The highest BCUT2D eigenvalue weighted by molar-refractivity contribution is 5.48. The van der Waals surface area contributed by atoms with Crippen molar-refractivity contribution in [1.82, 2.24) is 5.32 Å². The molecule has 2 nitrogen and oxygen atoms in total. The van der Waals surface area contributed by atoms with Crippen LogP contribution in [0, 0.1) is 5.41 Å². The molecule has 1 fully saturated rings. The van der Waals surface area contributed by atoms with Crippen LogP contribution < -0.4 is 10.1 Å². The van der Waals surface area contributed by atoms with E-state index in [1.54, 1.807) is 7.11 Å². The average Bonchev–Trinajstić information content (AvgIpc) is 2.72. The predicted molar refractivity (Wildman–Crippen MR) is 74.2 cm³/mol. The van der Waals surface area contributed by atoms with Gasteiger partial charge in [0.15, 0.2) is 0 Å². The van der Waals surface area contributed by atoms with Gasteiger partial charge in [0.25, 0.3) is 0 Å². The molecule has 3 rings (SSSR count). The van der Waals surface area contributed by atoms with Crippen LogP contribution in [0.25, 0.3) is 0 Å². The van der Waals surface area contributed by atoms with E-state index in [1.165, 1.54) is 17.5 Å². The quantitative estimate of drug-likeness (QED) is 0.821. The van der Waals surface area contributed by atoms with E-state index in [4.69, 9.17) is 4.74 Å². The molecule has 0 radical (unpaired) electrons. The minimum absolute atomic E-state index is 0.198. The number of nitrogens with one attached hydrogen (secondary N) is 1. The van der Waals surface area contributed by atoms with E-state index in [1.807, 2.05) is 0 Å². The molecule has 2 aliphatic rings. The Balaban J connectivity index is 2.20. The van der Waals surface area contributed by atoms with Gasteiger partial charge in [0.2, 0.25) is 0 Å². The number of methoxy groups -OCH3 is 1. The van der Waals surface area contributed by atoms with E-state index in [0.717, 1.165) is 18.7 Å². The van der Waals surface area contributed by atoms with Crippen molar-refractivity contribution in [3.63, 3.8) is 0 Å². The van der Waals surface area contributed by atoms with Gasteiger partial charge in [0.1, 0.15) is 5.75 Å². The van der Waals surface area contributed by atoms with Crippen molar-refractivity contribution in [3.05, 3.63) is 29.3 Å². The highest BCUT2D eigenvalue weighted by atomic mass is 16.5. The molecule has 0 aromatic heterocycles. The second-order valence-corrected chi connectivity index (χ2v) is 6.49. The SMILES string of the molecule is COc1cccc2c1C[C@@H]1NCC[C@@]1(C)C2(C)C. The third-order valence-corrected chi connectivity index (χ3v) is 5.67. The molecule has 0 unspecified atom stereocenters. The molecule has 1 aliphatic heterocycles. The van der Waals surface area contributed by atoms with Gasteiger partial charge in [-0.3, -0.25) is 0 Å². The first-order chi connectivity index (χ1) is 8.50. The first-order valence-corrected chi connectivity index (χ1v) is 6.90. The maximum atomic E-state index is 5.56. The highest BCUT2D eigenvalue weighted by Crippen LogP contribution is 2.54. The number of rotatable bonds is 1. The zero-order valence-corrected chi connectivity index (χ0v) is 11.8. The summed E-state index contributed by atoms with van der Waals surface area (Å²) >= 11 is 0. The molecule has 1 aliphatic carbocycles. The lowest BCUT2D eigenvalue weighted by molar-refractivity contribution is 0.129. The summed E-state index contributed by atoms with van der Waals surface area (Å²) in [6, 6.07) is 7.09. The fourth-order valence-electron chi connectivity index (χ4n) is 4.02. The number of hydrogen-bond acceptors (Lipinski definition) is 2. The molecule has 1 heterocycles. The lowest BCUT2D eigenvalue weighted by atomic mass is 9.54. The minimum Gasteiger partial charge on any atom is -0.496 e. The van der Waals surface area contributed by atoms with Gasteiger partial charge in [-0.1, -0.05) is 32.9 Å². The first kappa shape index (κ1) is 12.0. The summed E-state index contributed by atoms with van der Waals surface area (Å²) in [5, 5.41) is 3.69. The first-order valence-electron chi connectivity index (χ1n) is 6.90. The van der Waals surface area contributed by atoms with E-state index in [-0.39, 0.29) is 5.41 Å². The molecule has 18 heavy (non-hydrogen) atoms. The van der Waals surface area contributed by atoms with E-state index < -0.39 is 0 Å². The summed E-state index contributed by atoms with van der Waals surface area (Å²) in [5.74, 6) is 1.05. The molecule has 1 N–H and O–H groups in total. The number of benzene rings is 1. The molecule has 0 amide bonds. The van der Waals surface area contributed by atoms with E-state index in [2.05, 4.69) is 44.3 Å². The normalized spacial score (nSPS) is 32.8. The molecule has 2 atom stereocenters. The Morgan fingerprint density at radius 3 is 2.78 bits per heavy atom. The van der Waals surface area contributed by atoms with Crippen molar-refractivity contribution in [2.75, 3.05) is 13.7 Å².